The molecule has 0 unspecified atom stereocenters. The lowest BCUT2D eigenvalue weighted by molar-refractivity contribution is -0.138. The maximum absolute atomic E-state index is 11.0. The highest BCUT2D eigenvalue weighted by Crippen LogP contribution is 2.37. The van der Waals surface area contributed by atoms with Gasteiger partial charge in [0, 0.05) is 5.41 Å². The quantitative estimate of drug-likeness (QED) is 0.833. The van der Waals surface area contributed by atoms with Gasteiger partial charge in [-0.05, 0) is 24.0 Å². The molecule has 0 saturated carbocycles. The molecular formula is C17H20O2. The van der Waals surface area contributed by atoms with E-state index in [1.54, 1.807) is 12.2 Å². The molecule has 19 heavy (non-hydrogen) atoms. The van der Waals surface area contributed by atoms with Crippen LogP contribution in [0.4, 0.5) is 0 Å². The summed E-state index contributed by atoms with van der Waals surface area (Å²) in [5, 5.41) is 9.05. The van der Waals surface area contributed by atoms with Crippen LogP contribution in [0.2, 0.25) is 0 Å². The number of allylic oxidation sites excluding steroid dienone is 2. The largest absolute Gasteiger partial charge is 0.481 e. The number of carboxylic acids is 1. The Morgan fingerprint density at radius 3 is 2.37 bits per heavy atom. The minimum absolute atomic E-state index is 0.154. The van der Waals surface area contributed by atoms with Crippen molar-refractivity contribution in [3.63, 3.8) is 0 Å². The van der Waals surface area contributed by atoms with Crippen molar-refractivity contribution in [2.75, 3.05) is 0 Å². The summed E-state index contributed by atoms with van der Waals surface area (Å²) in [6.07, 6.45) is 9.64. The van der Waals surface area contributed by atoms with Crippen molar-refractivity contribution >= 4 is 5.97 Å². The Bertz CT molecular complexity index is 512. The number of rotatable bonds is 4. The summed E-state index contributed by atoms with van der Waals surface area (Å²) in [6.45, 7) is 4.29. The number of aliphatic carboxylic acids is 1. The summed E-state index contributed by atoms with van der Waals surface area (Å²) in [6, 6.07) is 8.41. The van der Waals surface area contributed by atoms with Gasteiger partial charge in [0.25, 0.3) is 0 Å². The van der Waals surface area contributed by atoms with Gasteiger partial charge in [0.15, 0.2) is 0 Å². The third kappa shape index (κ3) is 2.48. The first kappa shape index (κ1) is 13.6. The van der Waals surface area contributed by atoms with Crippen molar-refractivity contribution in [1.82, 2.24) is 0 Å². The lowest BCUT2D eigenvalue weighted by Gasteiger charge is -2.31. The van der Waals surface area contributed by atoms with E-state index in [-0.39, 0.29) is 5.41 Å². The Morgan fingerprint density at radius 1 is 1.21 bits per heavy atom. The Labute approximate surface area is 114 Å². The van der Waals surface area contributed by atoms with E-state index < -0.39 is 11.9 Å². The fraction of sp³-hybridized carbons (Fsp3) is 0.353. The topological polar surface area (TPSA) is 37.3 Å². The van der Waals surface area contributed by atoms with E-state index in [1.165, 1.54) is 11.1 Å². The van der Waals surface area contributed by atoms with Gasteiger partial charge in [-0.3, -0.25) is 4.79 Å². The maximum Gasteiger partial charge on any atom is 0.314 e. The first-order valence-corrected chi connectivity index (χ1v) is 6.83. The van der Waals surface area contributed by atoms with Crippen molar-refractivity contribution in [3.05, 3.63) is 59.7 Å². The highest BCUT2D eigenvalue weighted by molar-refractivity contribution is 5.75. The summed E-state index contributed by atoms with van der Waals surface area (Å²) in [5.74, 6) is -1.28. The molecule has 0 atom stereocenters. The van der Waals surface area contributed by atoms with E-state index in [0.29, 0.717) is 0 Å². The molecule has 0 saturated heterocycles. The van der Waals surface area contributed by atoms with E-state index in [1.807, 2.05) is 0 Å². The molecule has 0 amide bonds. The van der Waals surface area contributed by atoms with Crippen LogP contribution in [0.15, 0.2) is 48.6 Å². The fourth-order valence-corrected chi connectivity index (χ4v) is 2.72. The summed E-state index contributed by atoms with van der Waals surface area (Å²) >= 11 is 0. The maximum atomic E-state index is 11.0. The second kappa shape index (κ2) is 5.43. The normalized spacial score (nSPS) is 25.5. The number of benzene rings is 1. The van der Waals surface area contributed by atoms with Gasteiger partial charge in [-0.1, -0.05) is 62.4 Å². The average molecular weight is 256 g/mol. The zero-order valence-electron chi connectivity index (χ0n) is 11.5. The predicted molar refractivity (Wildman–Crippen MR) is 77.2 cm³/mol. The first-order valence-electron chi connectivity index (χ1n) is 6.83. The van der Waals surface area contributed by atoms with Crippen molar-refractivity contribution in [3.8, 4) is 0 Å². The van der Waals surface area contributed by atoms with E-state index in [2.05, 4.69) is 50.3 Å². The lowest BCUT2D eigenvalue weighted by Crippen LogP contribution is -2.26. The number of aryl methyl sites for hydroxylation is 1. The molecule has 1 aromatic carbocycles. The number of carbonyl (C=O) groups is 1. The molecule has 2 heteroatoms. The van der Waals surface area contributed by atoms with Gasteiger partial charge in [-0.2, -0.15) is 0 Å². The monoisotopic (exact) mass is 256 g/mol. The summed E-state index contributed by atoms with van der Waals surface area (Å²) in [4.78, 5) is 11.0. The zero-order valence-corrected chi connectivity index (χ0v) is 11.5. The zero-order chi connectivity index (χ0) is 13.9. The smallest absolute Gasteiger partial charge is 0.314 e. The Kier molecular flexibility index (Phi) is 3.89. The molecule has 1 aliphatic carbocycles. The second-order valence-corrected chi connectivity index (χ2v) is 4.99. The number of carboxylic acid groups (broad SMARTS) is 1. The molecule has 0 spiro atoms. The summed E-state index contributed by atoms with van der Waals surface area (Å²) in [7, 11) is 0. The molecule has 0 aromatic heterocycles. The van der Waals surface area contributed by atoms with E-state index in [4.69, 9.17) is 5.11 Å². The van der Waals surface area contributed by atoms with Gasteiger partial charge >= 0.3 is 5.97 Å². The molecule has 100 valence electrons. The van der Waals surface area contributed by atoms with Gasteiger partial charge in [0.05, 0.1) is 5.92 Å². The minimum Gasteiger partial charge on any atom is -0.481 e. The third-order valence-corrected chi connectivity index (χ3v) is 3.97. The lowest BCUT2D eigenvalue weighted by atomic mass is 9.72. The molecular weight excluding hydrogens is 236 g/mol. The molecule has 0 fully saturated rings. The van der Waals surface area contributed by atoms with Crippen molar-refractivity contribution in [2.24, 2.45) is 5.92 Å². The van der Waals surface area contributed by atoms with E-state index >= 15 is 0 Å². The van der Waals surface area contributed by atoms with Gasteiger partial charge in [0.2, 0.25) is 0 Å². The van der Waals surface area contributed by atoms with Crippen molar-refractivity contribution in [1.29, 1.82) is 0 Å². The van der Waals surface area contributed by atoms with Crippen LogP contribution in [0.1, 0.15) is 31.4 Å². The van der Waals surface area contributed by atoms with Crippen molar-refractivity contribution < 1.29 is 9.90 Å². The average Bonchev–Trinajstić information content (AvgIpc) is 2.47. The second-order valence-electron chi connectivity index (χ2n) is 4.99. The van der Waals surface area contributed by atoms with Gasteiger partial charge in [-0.25, -0.2) is 0 Å². The van der Waals surface area contributed by atoms with Crippen LogP contribution in [0.5, 0.6) is 0 Å². The van der Waals surface area contributed by atoms with Gasteiger partial charge in [0.1, 0.15) is 0 Å². The molecule has 1 aliphatic rings. The molecule has 1 aromatic rings. The number of hydrogen-bond donors (Lipinski definition) is 1. The van der Waals surface area contributed by atoms with Crippen LogP contribution >= 0.6 is 0 Å². The van der Waals surface area contributed by atoms with Crippen LogP contribution in [-0.4, -0.2) is 11.1 Å². The van der Waals surface area contributed by atoms with Gasteiger partial charge < -0.3 is 5.11 Å². The molecule has 2 nitrogen and oxygen atoms in total. The highest BCUT2D eigenvalue weighted by atomic mass is 16.4. The molecule has 0 radical (unpaired) electrons. The standard InChI is InChI=1S/C17H20O2/c1-3-13-7-5-6-8-15(13)17(4-2)11-9-14(10-12-17)16(18)19/h5-12,14H,3-4H2,1-2H3,(H,18,19). The van der Waals surface area contributed by atoms with Crippen LogP contribution in [0, 0.1) is 5.92 Å². The molecule has 0 bridgehead atoms. The SMILES string of the molecule is CCc1ccccc1C1(CC)C=CC(C(=O)O)C=C1. The molecule has 2 rings (SSSR count). The Balaban J connectivity index is 2.43. The van der Waals surface area contributed by atoms with E-state index in [0.717, 1.165) is 12.8 Å². The third-order valence-electron chi connectivity index (χ3n) is 3.97. The highest BCUT2D eigenvalue weighted by Gasteiger charge is 2.30. The number of hydrogen-bond acceptors (Lipinski definition) is 1. The van der Waals surface area contributed by atoms with Crippen LogP contribution in [0.3, 0.4) is 0 Å². The van der Waals surface area contributed by atoms with Crippen LogP contribution in [0.25, 0.3) is 0 Å². The predicted octanol–water partition coefficient (Wildman–Crippen LogP) is 3.72. The molecule has 1 N–H and O–H groups in total. The van der Waals surface area contributed by atoms with Crippen LogP contribution < -0.4 is 0 Å². The van der Waals surface area contributed by atoms with Gasteiger partial charge in [-0.15, -0.1) is 0 Å². The Morgan fingerprint density at radius 2 is 1.84 bits per heavy atom. The molecule has 0 aliphatic heterocycles. The Hall–Kier alpha value is -1.83. The van der Waals surface area contributed by atoms with E-state index in [9.17, 15) is 4.79 Å². The summed E-state index contributed by atoms with van der Waals surface area (Å²) in [5.41, 5.74) is 2.46. The molecule has 0 heterocycles. The van der Waals surface area contributed by atoms with Crippen molar-refractivity contribution in [2.45, 2.75) is 32.1 Å². The minimum atomic E-state index is -0.791. The first-order chi connectivity index (χ1) is 9.13. The van der Waals surface area contributed by atoms with Crippen LogP contribution in [-0.2, 0) is 16.6 Å². The summed E-state index contributed by atoms with van der Waals surface area (Å²) < 4.78 is 0. The fourth-order valence-electron chi connectivity index (χ4n) is 2.72.